The molecule has 1 aliphatic rings. The molecule has 1 aromatic carbocycles. The van der Waals surface area contributed by atoms with Crippen LogP contribution in [0.2, 0.25) is 10.0 Å². The van der Waals surface area contributed by atoms with Gasteiger partial charge in [0.15, 0.2) is 0 Å². The van der Waals surface area contributed by atoms with Gasteiger partial charge in [-0.05, 0) is 41.6 Å². The molecule has 0 radical (unpaired) electrons. The molecule has 0 bridgehead atoms. The minimum Gasteiger partial charge on any atom is -0.460 e. The number of imide groups is 1. The summed E-state index contributed by atoms with van der Waals surface area (Å²) >= 11 is 12.7. The van der Waals surface area contributed by atoms with Crippen LogP contribution in [0.15, 0.2) is 39.7 Å². The van der Waals surface area contributed by atoms with Gasteiger partial charge >= 0.3 is 0 Å². The van der Waals surface area contributed by atoms with E-state index in [2.05, 4.69) is 0 Å². The highest BCUT2D eigenvalue weighted by molar-refractivity contribution is 8.18. The van der Waals surface area contributed by atoms with Gasteiger partial charge in [-0.3, -0.25) is 14.5 Å². The van der Waals surface area contributed by atoms with E-state index in [0.29, 0.717) is 27.1 Å². The second-order valence-electron chi connectivity index (χ2n) is 6.83. The summed E-state index contributed by atoms with van der Waals surface area (Å²) < 4.78 is 30.5. The molecule has 0 spiro atoms. The third-order valence-corrected chi connectivity index (χ3v) is 7.32. The molecule has 1 aliphatic heterocycles. The van der Waals surface area contributed by atoms with Gasteiger partial charge in [-0.1, -0.05) is 29.3 Å². The van der Waals surface area contributed by atoms with E-state index in [-0.39, 0.29) is 31.0 Å². The lowest BCUT2D eigenvalue weighted by Gasteiger charge is -2.16. The second kappa shape index (κ2) is 10.1. The van der Waals surface area contributed by atoms with Crippen LogP contribution < -0.4 is 0 Å². The van der Waals surface area contributed by atoms with Crippen LogP contribution in [0.3, 0.4) is 0 Å². The van der Waals surface area contributed by atoms with Crippen LogP contribution in [0.5, 0.6) is 0 Å². The number of thioether (sulfide) groups is 1. The zero-order valence-corrected chi connectivity index (χ0v) is 19.9. The fourth-order valence-electron chi connectivity index (χ4n) is 2.85. The van der Waals surface area contributed by atoms with Gasteiger partial charge in [0.2, 0.25) is 10.0 Å². The van der Waals surface area contributed by atoms with Gasteiger partial charge in [-0.25, -0.2) is 8.42 Å². The zero-order chi connectivity index (χ0) is 23.5. The molecule has 2 amide bonds. The van der Waals surface area contributed by atoms with E-state index in [4.69, 9.17) is 32.9 Å². The van der Waals surface area contributed by atoms with Gasteiger partial charge in [0.25, 0.3) is 11.1 Å². The Morgan fingerprint density at radius 1 is 1.22 bits per heavy atom. The van der Waals surface area contributed by atoms with Crippen LogP contribution in [0, 0.1) is 11.3 Å². The van der Waals surface area contributed by atoms with E-state index in [1.165, 1.54) is 6.08 Å². The van der Waals surface area contributed by atoms with Crippen molar-refractivity contribution < 1.29 is 22.4 Å². The first-order valence-corrected chi connectivity index (χ1v) is 12.6. The van der Waals surface area contributed by atoms with Gasteiger partial charge in [0.05, 0.1) is 40.4 Å². The number of amides is 2. The lowest BCUT2D eigenvalue weighted by molar-refractivity contribution is -0.123. The van der Waals surface area contributed by atoms with E-state index in [0.717, 1.165) is 27.2 Å². The van der Waals surface area contributed by atoms with Crippen molar-refractivity contribution in [3.63, 3.8) is 0 Å². The number of hydrogen-bond acceptors (Lipinski definition) is 7. The number of sulfonamides is 1. The standard InChI is InChI=1S/C20H17Cl2N3O5S2/c1-32(28,29)24(8-2-7-23)12-15-5-4-14(30-15)10-18-19(26)25(20(27)31-18)11-13-3-6-16(21)17(22)9-13/h3-6,9-10H,2,8,11-12H2,1H3/b18-10-. The molecule has 2 heterocycles. The van der Waals surface area contributed by atoms with Crippen molar-refractivity contribution in [2.45, 2.75) is 19.5 Å². The number of rotatable bonds is 8. The lowest BCUT2D eigenvalue weighted by atomic mass is 10.2. The van der Waals surface area contributed by atoms with Gasteiger partial charge in [-0.2, -0.15) is 9.57 Å². The maximum atomic E-state index is 12.7. The number of hydrogen-bond donors (Lipinski definition) is 0. The lowest BCUT2D eigenvalue weighted by Crippen LogP contribution is -2.30. The Morgan fingerprint density at radius 2 is 1.97 bits per heavy atom. The number of nitriles is 1. The predicted molar refractivity (Wildman–Crippen MR) is 122 cm³/mol. The molecule has 0 unspecified atom stereocenters. The first-order valence-electron chi connectivity index (χ1n) is 9.18. The van der Waals surface area contributed by atoms with Crippen LogP contribution >= 0.6 is 35.0 Å². The number of carbonyl (C=O) groups is 2. The summed E-state index contributed by atoms with van der Waals surface area (Å²) in [4.78, 5) is 26.3. The molecule has 1 saturated heterocycles. The highest BCUT2D eigenvalue weighted by atomic mass is 35.5. The quantitative estimate of drug-likeness (QED) is 0.477. The molecule has 0 saturated carbocycles. The van der Waals surface area contributed by atoms with Gasteiger partial charge in [0, 0.05) is 19.0 Å². The van der Waals surface area contributed by atoms with Crippen LogP contribution in [-0.4, -0.2) is 41.6 Å². The summed E-state index contributed by atoms with van der Waals surface area (Å²) in [5, 5.41) is 8.99. The molecule has 168 valence electrons. The molecule has 8 nitrogen and oxygen atoms in total. The first-order chi connectivity index (χ1) is 15.1. The minimum absolute atomic E-state index is 0.0406. The summed E-state index contributed by atoms with van der Waals surface area (Å²) in [6, 6.07) is 9.93. The molecule has 0 aliphatic carbocycles. The Balaban J connectivity index is 1.73. The second-order valence-corrected chi connectivity index (χ2v) is 10.6. The van der Waals surface area contributed by atoms with Crippen molar-refractivity contribution >= 4 is 62.2 Å². The van der Waals surface area contributed by atoms with Crippen molar-refractivity contribution in [1.82, 2.24) is 9.21 Å². The summed E-state index contributed by atoms with van der Waals surface area (Å²) in [6.45, 7) is 0.0383. The van der Waals surface area contributed by atoms with Gasteiger partial charge in [-0.15, -0.1) is 0 Å². The highest BCUT2D eigenvalue weighted by Crippen LogP contribution is 2.34. The molecule has 32 heavy (non-hydrogen) atoms. The van der Waals surface area contributed by atoms with Crippen LogP contribution in [0.4, 0.5) is 4.79 Å². The normalized spacial score (nSPS) is 15.7. The maximum Gasteiger partial charge on any atom is 0.293 e. The Kier molecular flexibility index (Phi) is 7.69. The molecule has 0 atom stereocenters. The van der Waals surface area contributed by atoms with E-state index < -0.39 is 21.2 Å². The van der Waals surface area contributed by atoms with Crippen LogP contribution in [0.25, 0.3) is 6.08 Å². The Labute approximate surface area is 199 Å². The fraction of sp³-hybridized carbons (Fsp3) is 0.250. The van der Waals surface area contributed by atoms with Crippen LogP contribution in [-0.2, 0) is 27.9 Å². The van der Waals surface area contributed by atoms with Crippen molar-refractivity contribution in [3.8, 4) is 6.07 Å². The van der Waals surface area contributed by atoms with E-state index in [1.54, 1.807) is 30.3 Å². The number of carbonyl (C=O) groups excluding carboxylic acids is 2. The molecular formula is C20H17Cl2N3O5S2. The van der Waals surface area contributed by atoms with E-state index in [9.17, 15) is 18.0 Å². The monoisotopic (exact) mass is 513 g/mol. The maximum absolute atomic E-state index is 12.7. The average Bonchev–Trinajstić information content (AvgIpc) is 3.26. The Morgan fingerprint density at radius 3 is 2.62 bits per heavy atom. The van der Waals surface area contributed by atoms with E-state index in [1.807, 2.05) is 6.07 Å². The highest BCUT2D eigenvalue weighted by Gasteiger charge is 2.35. The molecule has 1 fully saturated rings. The molecular weight excluding hydrogens is 497 g/mol. The van der Waals surface area contributed by atoms with Crippen molar-refractivity contribution in [3.05, 3.63) is 62.4 Å². The molecule has 3 rings (SSSR count). The van der Waals surface area contributed by atoms with Crippen molar-refractivity contribution in [2.75, 3.05) is 12.8 Å². The number of halogens is 2. The third-order valence-electron chi connectivity index (χ3n) is 4.43. The van der Waals surface area contributed by atoms with E-state index >= 15 is 0 Å². The third kappa shape index (κ3) is 5.94. The molecule has 0 N–H and O–H groups in total. The van der Waals surface area contributed by atoms with Crippen LogP contribution in [0.1, 0.15) is 23.5 Å². The summed E-state index contributed by atoms with van der Waals surface area (Å²) in [5.74, 6) is 0.166. The molecule has 12 heteroatoms. The Bertz CT molecular complexity index is 1230. The molecule has 2 aromatic rings. The average molecular weight is 514 g/mol. The molecule has 1 aromatic heterocycles. The summed E-state index contributed by atoms with van der Waals surface area (Å²) in [5.41, 5.74) is 0.654. The minimum atomic E-state index is -3.53. The smallest absolute Gasteiger partial charge is 0.293 e. The fourth-order valence-corrected chi connectivity index (χ4v) is 4.78. The topological polar surface area (TPSA) is 112 Å². The summed E-state index contributed by atoms with van der Waals surface area (Å²) in [6.07, 6.45) is 2.54. The largest absolute Gasteiger partial charge is 0.460 e. The first kappa shape index (κ1) is 24.4. The number of furan rings is 1. The van der Waals surface area contributed by atoms with Crippen molar-refractivity contribution in [1.29, 1.82) is 5.26 Å². The predicted octanol–water partition coefficient (Wildman–Crippen LogP) is 4.50. The summed E-state index contributed by atoms with van der Waals surface area (Å²) in [7, 11) is -3.53. The SMILES string of the molecule is CS(=O)(=O)N(CCC#N)Cc1ccc(/C=C2\SC(=O)N(Cc3ccc(Cl)c(Cl)c3)C2=O)o1. The van der Waals surface area contributed by atoms with Gasteiger partial charge in [0.1, 0.15) is 11.5 Å². The number of benzene rings is 1. The Hall–Kier alpha value is -2.29. The van der Waals surface area contributed by atoms with Gasteiger partial charge < -0.3 is 4.42 Å². The zero-order valence-electron chi connectivity index (χ0n) is 16.7. The van der Waals surface area contributed by atoms with Crippen molar-refractivity contribution in [2.24, 2.45) is 0 Å². The number of nitrogens with zero attached hydrogens (tertiary/aromatic N) is 3.